The number of sulfone groups is 1. The summed E-state index contributed by atoms with van der Waals surface area (Å²) in [6.07, 6.45) is 2.38. The van der Waals surface area contributed by atoms with Gasteiger partial charge in [0.2, 0.25) is 5.91 Å². The molecule has 0 spiro atoms. The second-order valence-corrected chi connectivity index (χ2v) is 8.49. The van der Waals surface area contributed by atoms with E-state index in [4.69, 9.17) is 5.11 Å². The van der Waals surface area contributed by atoms with Crippen molar-refractivity contribution in [3.05, 3.63) is 0 Å². The lowest BCUT2D eigenvalue weighted by atomic mass is 9.94. The number of carboxylic acids is 1. The average molecular weight is 319 g/mol. The monoisotopic (exact) mass is 319 g/mol. The van der Waals surface area contributed by atoms with Crippen LogP contribution in [0.3, 0.4) is 0 Å². The molecule has 0 aromatic carbocycles. The van der Waals surface area contributed by atoms with Crippen molar-refractivity contribution in [1.29, 1.82) is 0 Å². The highest BCUT2D eigenvalue weighted by molar-refractivity contribution is 7.92. The van der Waals surface area contributed by atoms with Crippen LogP contribution in [0.2, 0.25) is 0 Å². The van der Waals surface area contributed by atoms with Gasteiger partial charge in [-0.15, -0.1) is 0 Å². The quantitative estimate of drug-likeness (QED) is 0.734. The number of carbonyl (C=O) groups is 2. The number of aliphatic carboxylic acids is 1. The number of hydrogen-bond acceptors (Lipinski definition) is 4. The molecule has 122 valence electrons. The van der Waals surface area contributed by atoms with Crippen molar-refractivity contribution in [2.24, 2.45) is 11.8 Å². The van der Waals surface area contributed by atoms with Crippen molar-refractivity contribution < 1.29 is 23.1 Å². The fraction of sp³-hybridized carbons (Fsp3) is 0.857. The summed E-state index contributed by atoms with van der Waals surface area (Å²) < 4.78 is 23.7. The van der Waals surface area contributed by atoms with E-state index in [2.05, 4.69) is 5.32 Å². The molecule has 0 bridgehead atoms. The number of amides is 1. The third kappa shape index (κ3) is 6.03. The average Bonchev–Trinajstić information content (AvgIpc) is 2.33. The van der Waals surface area contributed by atoms with Crippen LogP contribution in [0.4, 0.5) is 0 Å². The summed E-state index contributed by atoms with van der Waals surface area (Å²) in [5.74, 6) is -1.16. The van der Waals surface area contributed by atoms with Crippen molar-refractivity contribution in [2.45, 2.75) is 51.2 Å². The van der Waals surface area contributed by atoms with Gasteiger partial charge in [-0.1, -0.05) is 20.3 Å². The molecule has 21 heavy (non-hydrogen) atoms. The molecular weight excluding hydrogens is 294 g/mol. The Morgan fingerprint density at radius 2 is 1.95 bits per heavy atom. The summed E-state index contributed by atoms with van der Waals surface area (Å²) in [5, 5.41) is 10.6. The molecule has 1 rings (SSSR count). The van der Waals surface area contributed by atoms with Crippen molar-refractivity contribution in [3.8, 4) is 0 Å². The van der Waals surface area contributed by atoms with E-state index in [9.17, 15) is 18.0 Å². The fourth-order valence-electron chi connectivity index (χ4n) is 2.76. The van der Waals surface area contributed by atoms with E-state index in [0.29, 0.717) is 25.2 Å². The summed E-state index contributed by atoms with van der Waals surface area (Å²) in [4.78, 5) is 22.9. The van der Waals surface area contributed by atoms with E-state index >= 15 is 0 Å². The summed E-state index contributed by atoms with van der Waals surface area (Å²) in [6.45, 7) is 4.19. The van der Waals surface area contributed by atoms with Gasteiger partial charge in [0, 0.05) is 13.0 Å². The highest BCUT2D eigenvalue weighted by atomic mass is 32.2. The summed E-state index contributed by atoms with van der Waals surface area (Å²) in [7, 11) is -3.35. The first-order chi connectivity index (χ1) is 9.72. The van der Waals surface area contributed by atoms with Crippen LogP contribution in [-0.4, -0.2) is 42.9 Å². The molecule has 6 nitrogen and oxygen atoms in total. The maximum absolute atomic E-state index is 12.1. The lowest BCUT2D eigenvalue weighted by Gasteiger charge is -2.23. The van der Waals surface area contributed by atoms with Crippen LogP contribution >= 0.6 is 0 Å². The molecule has 1 aliphatic rings. The van der Waals surface area contributed by atoms with E-state index in [-0.39, 0.29) is 24.6 Å². The van der Waals surface area contributed by atoms with E-state index in [1.165, 1.54) is 0 Å². The molecule has 1 amide bonds. The molecule has 1 heterocycles. The molecular formula is C14H25NO5S. The number of nitrogens with one attached hydrogen (secondary N) is 1. The smallest absolute Gasteiger partial charge is 0.303 e. The topological polar surface area (TPSA) is 101 Å². The molecule has 2 N–H and O–H groups in total. The standard InChI is InChI=1S/C14H25NO5S/c1-10(2)7-11(8-13(16)17)9-15-14(18)12-5-3-4-6-21(12,19)20/h10-12H,3-9H2,1-2H3,(H,15,18)(H,16,17). The lowest BCUT2D eigenvalue weighted by Crippen LogP contribution is -2.44. The summed E-state index contributed by atoms with van der Waals surface area (Å²) in [6, 6.07) is 0. The van der Waals surface area contributed by atoms with Crippen LogP contribution in [-0.2, 0) is 19.4 Å². The zero-order valence-electron chi connectivity index (χ0n) is 12.7. The number of carbonyl (C=O) groups excluding carboxylic acids is 1. The first-order valence-electron chi connectivity index (χ1n) is 7.43. The fourth-order valence-corrected chi connectivity index (χ4v) is 4.59. The minimum absolute atomic E-state index is 0.0180. The van der Waals surface area contributed by atoms with E-state index < -0.39 is 27.0 Å². The first kappa shape index (κ1) is 17.9. The van der Waals surface area contributed by atoms with Crippen molar-refractivity contribution >= 4 is 21.7 Å². The summed E-state index contributed by atoms with van der Waals surface area (Å²) >= 11 is 0. The van der Waals surface area contributed by atoms with Crippen LogP contribution in [0.1, 0.15) is 46.0 Å². The zero-order valence-corrected chi connectivity index (χ0v) is 13.5. The van der Waals surface area contributed by atoms with Gasteiger partial charge >= 0.3 is 5.97 Å². The maximum atomic E-state index is 12.1. The second kappa shape index (κ2) is 7.77. The van der Waals surface area contributed by atoms with Gasteiger partial charge < -0.3 is 10.4 Å². The van der Waals surface area contributed by atoms with Crippen LogP contribution in [0.25, 0.3) is 0 Å². The van der Waals surface area contributed by atoms with Gasteiger partial charge in [-0.3, -0.25) is 9.59 Å². The van der Waals surface area contributed by atoms with Crippen LogP contribution in [0, 0.1) is 11.8 Å². The van der Waals surface area contributed by atoms with Crippen molar-refractivity contribution in [2.75, 3.05) is 12.3 Å². The van der Waals surface area contributed by atoms with Gasteiger partial charge in [0.05, 0.1) is 5.75 Å². The second-order valence-electron chi connectivity index (χ2n) is 6.19. The van der Waals surface area contributed by atoms with Crippen molar-refractivity contribution in [1.82, 2.24) is 5.32 Å². The highest BCUT2D eigenvalue weighted by Gasteiger charge is 2.34. The molecule has 1 saturated heterocycles. The van der Waals surface area contributed by atoms with Gasteiger partial charge in [-0.25, -0.2) is 8.42 Å². The Kier molecular flexibility index (Phi) is 6.64. The normalized spacial score (nSPS) is 22.7. The highest BCUT2D eigenvalue weighted by Crippen LogP contribution is 2.20. The van der Waals surface area contributed by atoms with E-state index in [0.717, 1.165) is 6.42 Å². The molecule has 0 aliphatic carbocycles. The third-order valence-corrected chi connectivity index (χ3v) is 5.88. The van der Waals surface area contributed by atoms with Gasteiger partial charge in [0.25, 0.3) is 0 Å². The Bertz CT molecular complexity index is 472. The van der Waals surface area contributed by atoms with Gasteiger partial charge in [-0.05, 0) is 31.1 Å². The van der Waals surface area contributed by atoms with Crippen LogP contribution in [0.5, 0.6) is 0 Å². The molecule has 0 aromatic rings. The largest absolute Gasteiger partial charge is 0.481 e. The van der Waals surface area contributed by atoms with E-state index in [1.54, 1.807) is 0 Å². The minimum atomic E-state index is -3.35. The molecule has 0 aromatic heterocycles. The Labute approximate surface area is 126 Å². The third-order valence-electron chi connectivity index (χ3n) is 3.70. The zero-order chi connectivity index (χ0) is 16.0. The van der Waals surface area contributed by atoms with E-state index in [1.807, 2.05) is 13.8 Å². The number of rotatable bonds is 7. The predicted octanol–water partition coefficient (Wildman–Crippen LogP) is 1.21. The maximum Gasteiger partial charge on any atom is 0.303 e. The Morgan fingerprint density at radius 3 is 2.48 bits per heavy atom. The van der Waals surface area contributed by atoms with Crippen LogP contribution < -0.4 is 5.32 Å². The molecule has 2 unspecified atom stereocenters. The van der Waals surface area contributed by atoms with Gasteiger partial charge in [0.15, 0.2) is 9.84 Å². The molecule has 7 heteroatoms. The predicted molar refractivity (Wildman–Crippen MR) is 79.6 cm³/mol. The molecule has 1 aliphatic heterocycles. The Hall–Kier alpha value is -1.11. The number of hydrogen-bond donors (Lipinski definition) is 2. The van der Waals surface area contributed by atoms with Crippen LogP contribution in [0.15, 0.2) is 0 Å². The Balaban J connectivity index is 2.57. The Morgan fingerprint density at radius 1 is 1.29 bits per heavy atom. The molecule has 0 saturated carbocycles. The first-order valence-corrected chi connectivity index (χ1v) is 9.15. The van der Waals surface area contributed by atoms with Gasteiger partial charge in [-0.2, -0.15) is 0 Å². The SMILES string of the molecule is CC(C)CC(CNC(=O)C1CCCCS1(=O)=O)CC(=O)O. The lowest BCUT2D eigenvalue weighted by molar-refractivity contribution is -0.138. The number of carboxylic acid groups (broad SMARTS) is 1. The van der Waals surface area contributed by atoms with Gasteiger partial charge in [0.1, 0.15) is 5.25 Å². The van der Waals surface area contributed by atoms with Crippen molar-refractivity contribution in [3.63, 3.8) is 0 Å². The molecule has 1 fully saturated rings. The summed E-state index contributed by atoms with van der Waals surface area (Å²) in [5.41, 5.74) is 0. The molecule has 0 radical (unpaired) electrons. The minimum Gasteiger partial charge on any atom is -0.481 e. The molecule has 2 atom stereocenters.